The molecule has 2 unspecified atom stereocenters. The zero-order valence-electron chi connectivity index (χ0n) is 19.5. The fraction of sp³-hybridized carbons (Fsp3) is 0.727. The third-order valence-corrected chi connectivity index (χ3v) is 5.89. The van der Waals surface area contributed by atoms with Gasteiger partial charge in [0.2, 0.25) is 0 Å². The second kappa shape index (κ2) is 10.6. The van der Waals surface area contributed by atoms with Crippen LogP contribution in [0.1, 0.15) is 38.3 Å². The van der Waals surface area contributed by atoms with E-state index in [1.807, 2.05) is 33.8 Å². The van der Waals surface area contributed by atoms with Gasteiger partial charge in [-0.1, -0.05) is 0 Å². The van der Waals surface area contributed by atoms with Crippen LogP contribution >= 0.6 is 24.0 Å². The van der Waals surface area contributed by atoms with Gasteiger partial charge in [0.15, 0.2) is 5.96 Å². The fourth-order valence-electron chi connectivity index (χ4n) is 4.34. The lowest BCUT2D eigenvalue weighted by Gasteiger charge is -2.39. The minimum atomic E-state index is -0.480. The number of morpholine rings is 1. The number of nitrogens with one attached hydrogen (secondary N) is 1. The van der Waals surface area contributed by atoms with Gasteiger partial charge in [0, 0.05) is 39.3 Å². The molecular weight excluding hydrogens is 525 g/mol. The number of hydrogen-bond acceptors (Lipinski definition) is 8. The summed E-state index contributed by atoms with van der Waals surface area (Å²) in [6, 6.07) is 4.40. The topological polar surface area (TPSA) is 82.8 Å². The van der Waals surface area contributed by atoms with Gasteiger partial charge >= 0.3 is 6.09 Å². The molecular formula is C22H36IN5O4. The second-order valence-electron chi connectivity index (χ2n) is 9.43. The number of furan rings is 1. The van der Waals surface area contributed by atoms with Crippen molar-refractivity contribution in [3.05, 3.63) is 23.7 Å². The number of carbonyl (C=O) groups excluding carboxylic acids is 1. The van der Waals surface area contributed by atoms with Gasteiger partial charge in [0.1, 0.15) is 17.1 Å². The Labute approximate surface area is 207 Å². The van der Waals surface area contributed by atoms with Crippen LogP contribution in [-0.2, 0) is 9.47 Å². The van der Waals surface area contributed by atoms with Crippen molar-refractivity contribution in [3.63, 3.8) is 0 Å². The highest BCUT2D eigenvalue weighted by Crippen LogP contribution is 2.24. The van der Waals surface area contributed by atoms with Crippen LogP contribution in [0.15, 0.2) is 21.5 Å². The highest BCUT2D eigenvalue weighted by Gasteiger charge is 2.37. The van der Waals surface area contributed by atoms with E-state index >= 15 is 0 Å². The molecule has 1 aromatic heterocycles. The molecule has 0 radical (unpaired) electrons. The quantitative estimate of drug-likeness (QED) is 0.566. The van der Waals surface area contributed by atoms with Crippen molar-refractivity contribution in [2.24, 2.45) is 4.99 Å². The number of nitrogens with zero attached hydrogens (tertiary/aromatic N) is 4. The Hall–Kier alpha value is -1.53. The molecule has 10 heteroatoms. The van der Waals surface area contributed by atoms with Crippen LogP contribution in [0.2, 0.25) is 0 Å². The number of halogens is 1. The summed E-state index contributed by atoms with van der Waals surface area (Å²) in [5.74, 6) is 2.80. The monoisotopic (exact) mass is 561 g/mol. The maximum absolute atomic E-state index is 12.4. The Morgan fingerprint density at radius 2 is 2.00 bits per heavy atom. The van der Waals surface area contributed by atoms with E-state index in [-0.39, 0.29) is 42.2 Å². The van der Waals surface area contributed by atoms with E-state index in [1.54, 1.807) is 4.90 Å². The molecule has 180 valence electrons. The second-order valence-corrected chi connectivity index (χ2v) is 9.43. The summed E-state index contributed by atoms with van der Waals surface area (Å²) in [5.41, 5.74) is -0.480. The number of rotatable bonds is 4. The first-order valence-electron chi connectivity index (χ1n) is 11.2. The summed E-state index contributed by atoms with van der Waals surface area (Å²) in [4.78, 5) is 23.7. The minimum absolute atomic E-state index is 0. The predicted molar refractivity (Wildman–Crippen MR) is 133 cm³/mol. The van der Waals surface area contributed by atoms with Crippen LogP contribution in [0.5, 0.6) is 0 Å². The molecule has 0 saturated carbocycles. The fourth-order valence-corrected chi connectivity index (χ4v) is 4.34. The number of aryl methyl sites for hydroxylation is 1. The van der Waals surface area contributed by atoms with Gasteiger partial charge < -0.3 is 29.0 Å². The van der Waals surface area contributed by atoms with E-state index in [2.05, 4.69) is 21.2 Å². The molecule has 0 spiro atoms. The Bertz CT molecular complexity index is 802. The van der Waals surface area contributed by atoms with Crippen LogP contribution in [0.4, 0.5) is 4.79 Å². The van der Waals surface area contributed by atoms with Crippen LogP contribution in [0.3, 0.4) is 0 Å². The van der Waals surface area contributed by atoms with Crippen molar-refractivity contribution in [2.45, 2.75) is 45.4 Å². The molecule has 0 aromatic carbocycles. The summed E-state index contributed by atoms with van der Waals surface area (Å²) >= 11 is 0. The first-order valence-corrected chi connectivity index (χ1v) is 11.2. The molecule has 2 saturated heterocycles. The van der Waals surface area contributed by atoms with Gasteiger partial charge in [-0.05, 0) is 39.8 Å². The molecule has 4 heterocycles. The molecule has 0 aliphatic carbocycles. The third kappa shape index (κ3) is 6.07. The lowest BCUT2D eigenvalue weighted by atomic mass is 10.1. The number of hydrogen-bond donors (Lipinski definition) is 1. The molecule has 9 nitrogen and oxygen atoms in total. The van der Waals surface area contributed by atoms with Gasteiger partial charge in [-0.3, -0.25) is 9.89 Å². The van der Waals surface area contributed by atoms with E-state index < -0.39 is 5.60 Å². The summed E-state index contributed by atoms with van der Waals surface area (Å²) < 4.78 is 17.0. The number of ether oxygens (including phenoxy) is 2. The molecule has 1 N–H and O–H groups in total. The molecule has 2 atom stereocenters. The van der Waals surface area contributed by atoms with Crippen LogP contribution in [0, 0.1) is 6.92 Å². The van der Waals surface area contributed by atoms with E-state index in [9.17, 15) is 4.79 Å². The van der Waals surface area contributed by atoms with Gasteiger partial charge in [-0.25, -0.2) is 4.79 Å². The van der Waals surface area contributed by atoms with Gasteiger partial charge in [-0.15, -0.1) is 24.0 Å². The minimum Gasteiger partial charge on any atom is -0.465 e. The van der Waals surface area contributed by atoms with E-state index in [0.29, 0.717) is 26.2 Å². The zero-order valence-corrected chi connectivity index (χ0v) is 21.8. The predicted octanol–water partition coefficient (Wildman–Crippen LogP) is 2.46. The SMILES string of the molecule is Cc1ccc(C(CNC2=NCC3CN(C(=O)OC(C)(C)C)CCN23)N2CCOCC2)o1.I. The standard InChI is InChI=1S/C22H35N5O4.HI/c1-16-5-6-19(30-16)18(25-9-11-29-12-10-25)14-24-20-23-13-17-15-26(7-8-27(17)20)21(28)31-22(2,3)4;/h5-6,17-18H,7-15H2,1-4H3,(H,23,24);1H. The lowest BCUT2D eigenvalue weighted by Crippen LogP contribution is -2.58. The highest BCUT2D eigenvalue weighted by molar-refractivity contribution is 14.0. The summed E-state index contributed by atoms with van der Waals surface area (Å²) in [5, 5.41) is 3.57. The molecule has 2 fully saturated rings. The Morgan fingerprint density at radius 1 is 1.25 bits per heavy atom. The number of amides is 1. The highest BCUT2D eigenvalue weighted by atomic mass is 127. The number of aliphatic imine (C=N–C) groups is 1. The smallest absolute Gasteiger partial charge is 0.410 e. The van der Waals surface area contributed by atoms with Crippen molar-refractivity contribution in [2.75, 3.05) is 59.0 Å². The number of carbonyl (C=O) groups is 1. The Balaban J connectivity index is 0.00000289. The third-order valence-electron chi connectivity index (χ3n) is 5.89. The average molecular weight is 561 g/mol. The average Bonchev–Trinajstić information content (AvgIpc) is 3.33. The van der Waals surface area contributed by atoms with Gasteiger partial charge in [-0.2, -0.15) is 0 Å². The molecule has 3 aliphatic heterocycles. The van der Waals surface area contributed by atoms with Crippen molar-refractivity contribution in [1.82, 2.24) is 20.0 Å². The van der Waals surface area contributed by atoms with Crippen molar-refractivity contribution in [3.8, 4) is 0 Å². The zero-order chi connectivity index (χ0) is 22.0. The number of guanidine groups is 1. The van der Waals surface area contributed by atoms with Crippen molar-refractivity contribution >= 4 is 36.0 Å². The van der Waals surface area contributed by atoms with Crippen LogP contribution < -0.4 is 5.32 Å². The molecule has 3 aliphatic rings. The molecule has 1 amide bonds. The first kappa shape index (κ1) is 25.1. The molecule has 0 bridgehead atoms. The van der Waals surface area contributed by atoms with Gasteiger partial charge in [0.25, 0.3) is 0 Å². The molecule has 32 heavy (non-hydrogen) atoms. The van der Waals surface area contributed by atoms with Crippen LogP contribution in [-0.4, -0.2) is 97.4 Å². The van der Waals surface area contributed by atoms with Crippen LogP contribution in [0.25, 0.3) is 0 Å². The maximum atomic E-state index is 12.4. The molecule has 1 aromatic rings. The van der Waals surface area contributed by atoms with Gasteiger partial charge in [0.05, 0.1) is 31.8 Å². The van der Waals surface area contributed by atoms with E-state index in [4.69, 9.17) is 18.9 Å². The summed E-state index contributed by atoms with van der Waals surface area (Å²) in [7, 11) is 0. The maximum Gasteiger partial charge on any atom is 0.410 e. The van der Waals surface area contributed by atoms with Crippen molar-refractivity contribution in [1.29, 1.82) is 0 Å². The largest absolute Gasteiger partial charge is 0.465 e. The Morgan fingerprint density at radius 3 is 2.66 bits per heavy atom. The summed E-state index contributed by atoms with van der Waals surface area (Å²) in [6.45, 7) is 14.3. The van der Waals surface area contributed by atoms with E-state index in [0.717, 1.165) is 50.3 Å². The van der Waals surface area contributed by atoms with E-state index in [1.165, 1.54) is 0 Å². The number of piperazine rings is 1. The number of fused-ring (bicyclic) bond motifs is 1. The lowest BCUT2D eigenvalue weighted by molar-refractivity contribution is 0.0110. The Kier molecular flexibility index (Phi) is 8.31. The summed E-state index contributed by atoms with van der Waals surface area (Å²) in [6.07, 6.45) is -0.242. The first-order chi connectivity index (χ1) is 14.8. The van der Waals surface area contributed by atoms with Crippen molar-refractivity contribution < 1.29 is 18.7 Å². The molecule has 4 rings (SSSR count). The normalized spacial score (nSPS) is 22.6.